The molecule has 1 aliphatic carbocycles. The van der Waals surface area contributed by atoms with E-state index in [2.05, 4.69) is 12.2 Å². The van der Waals surface area contributed by atoms with Crippen LogP contribution in [0.3, 0.4) is 0 Å². The van der Waals surface area contributed by atoms with Gasteiger partial charge in [0.2, 0.25) is 10.0 Å². The van der Waals surface area contributed by atoms with E-state index in [4.69, 9.17) is 0 Å². The van der Waals surface area contributed by atoms with Crippen LogP contribution in [0.2, 0.25) is 0 Å². The van der Waals surface area contributed by atoms with E-state index >= 15 is 0 Å². The molecule has 106 valence electrons. The predicted molar refractivity (Wildman–Crippen MR) is 74.0 cm³/mol. The number of rotatable bonds is 5. The third-order valence-corrected chi connectivity index (χ3v) is 6.38. The maximum absolute atomic E-state index is 12.5. The summed E-state index contributed by atoms with van der Waals surface area (Å²) in [5, 5.41) is 3.02. The molecule has 1 N–H and O–H groups in total. The maximum Gasteiger partial charge on any atom is 0.217 e. The van der Waals surface area contributed by atoms with Crippen LogP contribution in [-0.4, -0.2) is 43.6 Å². The van der Waals surface area contributed by atoms with Gasteiger partial charge in [0.05, 0.1) is 5.25 Å². The second-order valence-electron chi connectivity index (χ2n) is 5.97. The van der Waals surface area contributed by atoms with Crippen molar-refractivity contribution in [3.63, 3.8) is 0 Å². The van der Waals surface area contributed by atoms with Crippen molar-refractivity contribution in [3.05, 3.63) is 0 Å². The summed E-state index contributed by atoms with van der Waals surface area (Å²) in [6.07, 6.45) is 5.56. The summed E-state index contributed by atoms with van der Waals surface area (Å²) in [6, 6.07) is 0.576. The Morgan fingerprint density at radius 2 is 1.94 bits per heavy atom. The molecule has 0 spiro atoms. The Kier molecular flexibility index (Phi) is 4.67. The number of hydrogen-bond acceptors (Lipinski definition) is 3. The van der Waals surface area contributed by atoms with Gasteiger partial charge in [-0.3, -0.25) is 0 Å². The van der Waals surface area contributed by atoms with Gasteiger partial charge in [0.25, 0.3) is 0 Å². The molecule has 18 heavy (non-hydrogen) atoms. The third-order valence-electron chi connectivity index (χ3n) is 4.12. The molecule has 1 heterocycles. The topological polar surface area (TPSA) is 49.4 Å². The lowest BCUT2D eigenvalue weighted by Crippen LogP contribution is -2.42. The standard InChI is InChI=1S/C13H26N2O2S/c1-11-4-3-8-15(9-7-11)18(16,17)12(2)10-14-13-5-6-13/h11-14H,3-10H2,1-2H3. The van der Waals surface area contributed by atoms with Crippen LogP contribution in [0.4, 0.5) is 0 Å². The Morgan fingerprint density at radius 3 is 2.61 bits per heavy atom. The van der Waals surface area contributed by atoms with Gasteiger partial charge in [0, 0.05) is 25.7 Å². The van der Waals surface area contributed by atoms with Gasteiger partial charge in [-0.25, -0.2) is 12.7 Å². The Hall–Kier alpha value is -0.130. The molecule has 2 atom stereocenters. The molecule has 2 rings (SSSR count). The van der Waals surface area contributed by atoms with E-state index in [1.165, 1.54) is 12.8 Å². The molecule has 0 bridgehead atoms. The van der Waals surface area contributed by atoms with E-state index < -0.39 is 10.0 Å². The highest BCUT2D eigenvalue weighted by Crippen LogP contribution is 2.22. The Balaban J connectivity index is 1.90. The fourth-order valence-corrected chi connectivity index (χ4v) is 4.03. The molecule has 2 fully saturated rings. The van der Waals surface area contributed by atoms with Crippen molar-refractivity contribution in [3.8, 4) is 0 Å². The fourth-order valence-electron chi connectivity index (χ4n) is 2.47. The highest BCUT2D eigenvalue weighted by molar-refractivity contribution is 7.89. The van der Waals surface area contributed by atoms with E-state index in [0.717, 1.165) is 19.3 Å². The highest BCUT2D eigenvalue weighted by Gasteiger charge is 2.31. The van der Waals surface area contributed by atoms with Gasteiger partial charge in [0.1, 0.15) is 0 Å². The lowest BCUT2D eigenvalue weighted by atomic mass is 10.0. The van der Waals surface area contributed by atoms with Crippen LogP contribution in [0, 0.1) is 5.92 Å². The average Bonchev–Trinajstić information content (AvgIpc) is 3.13. The van der Waals surface area contributed by atoms with E-state index in [9.17, 15) is 8.42 Å². The van der Waals surface area contributed by atoms with Crippen LogP contribution >= 0.6 is 0 Å². The molecular weight excluding hydrogens is 248 g/mol. The summed E-state index contributed by atoms with van der Waals surface area (Å²) in [4.78, 5) is 0. The largest absolute Gasteiger partial charge is 0.313 e. The second-order valence-corrected chi connectivity index (χ2v) is 8.32. The molecule has 1 saturated carbocycles. The van der Waals surface area contributed by atoms with Gasteiger partial charge in [0.15, 0.2) is 0 Å². The molecule has 2 aliphatic rings. The van der Waals surface area contributed by atoms with Gasteiger partial charge in [-0.1, -0.05) is 6.92 Å². The molecule has 0 aromatic rings. The van der Waals surface area contributed by atoms with Crippen LogP contribution in [-0.2, 0) is 10.0 Å². The van der Waals surface area contributed by atoms with E-state index in [0.29, 0.717) is 31.6 Å². The monoisotopic (exact) mass is 274 g/mol. The summed E-state index contributed by atoms with van der Waals surface area (Å²) >= 11 is 0. The van der Waals surface area contributed by atoms with Crippen molar-refractivity contribution in [2.75, 3.05) is 19.6 Å². The quantitative estimate of drug-likeness (QED) is 0.828. The molecule has 0 radical (unpaired) electrons. The molecule has 0 aromatic heterocycles. The first-order valence-electron chi connectivity index (χ1n) is 7.22. The predicted octanol–water partition coefficient (Wildman–Crippen LogP) is 1.58. The summed E-state index contributed by atoms with van der Waals surface area (Å²) in [5.74, 6) is 0.657. The zero-order valence-corrected chi connectivity index (χ0v) is 12.4. The molecule has 0 aromatic carbocycles. The zero-order valence-electron chi connectivity index (χ0n) is 11.6. The Bertz CT molecular complexity index is 365. The van der Waals surface area contributed by atoms with Crippen LogP contribution < -0.4 is 5.32 Å². The van der Waals surface area contributed by atoms with Crippen molar-refractivity contribution in [2.24, 2.45) is 5.92 Å². The molecule has 1 aliphatic heterocycles. The summed E-state index contributed by atoms with van der Waals surface area (Å²) in [5.41, 5.74) is 0. The number of hydrogen-bond donors (Lipinski definition) is 1. The van der Waals surface area contributed by atoms with Crippen LogP contribution in [0.1, 0.15) is 46.0 Å². The highest BCUT2D eigenvalue weighted by atomic mass is 32.2. The lowest BCUT2D eigenvalue weighted by Gasteiger charge is -2.24. The molecule has 1 saturated heterocycles. The fraction of sp³-hybridized carbons (Fsp3) is 1.00. The third kappa shape index (κ3) is 3.68. The molecule has 4 nitrogen and oxygen atoms in total. The first-order valence-corrected chi connectivity index (χ1v) is 8.73. The zero-order chi connectivity index (χ0) is 13.2. The van der Waals surface area contributed by atoms with Crippen molar-refractivity contribution in [2.45, 2.75) is 57.2 Å². The maximum atomic E-state index is 12.5. The molecule has 0 amide bonds. The van der Waals surface area contributed by atoms with Crippen LogP contribution in [0.15, 0.2) is 0 Å². The number of sulfonamides is 1. The van der Waals surface area contributed by atoms with Crippen molar-refractivity contribution in [1.82, 2.24) is 9.62 Å². The van der Waals surface area contributed by atoms with Gasteiger partial charge in [-0.05, 0) is 44.9 Å². The number of nitrogens with one attached hydrogen (secondary N) is 1. The summed E-state index contributed by atoms with van der Waals surface area (Å²) in [6.45, 7) is 6.06. The summed E-state index contributed by atoms with van der Waals surface area (Å²) in [7, 11) is -3.11. The van der Waals surface area contributed by atoms with Gasteiger partial charge in [-0.15, -0.1) is 0 Å². The minimum Gasteiger partial charge on any atom is -0.313 e. The van der Waals surface area contributed by atoms with E-state index in [-0.39, 0.29) is 5.25 Å². The Morgan fingerprint density at radius 1 is 1.22 bits per heavy atom. The van der Waals surface area contributed by atoms with Crippen molar-refractivity contribution in [1.29, 1.82) is 0 Å². The van der Waals surface area contributed by atoms with Crippen LogP contribution in [0.25, 0.3) is 0 Å². The first kappa shape index (κ1) is 14.3. The van der Waals surface area contributed by atoms with Gasteiger partial charge >= 0.3 is 0 Å². The van der Waals surface area contributed by atoms with E-state index in [1.54, 1.807) is 4.31 Å². The summed E-state index contributed by atoms with van der Waals surface area (Å²) < 4.78 is 26.6. The minimum absolute atomic E-state index is 0.300. The SMILES string of the molecule is CC1CCCN(S(=O)(=O)C(C)CNC2CC2)CC1. The normalized spacial score (nSPS) is 28.9. The van der Waals surface area contributed by atoms with Gasteiger partial charge in [-0.2, -0.15) is 0 Å². The molecular formula is C13H26N2O2S. The number of nitrogens with zero attached hydrogens (tertiary/aromatic N) is 1. The van der Waals surface area contributed by atoms with Gasteiger partial charge < -0.3 is 5.32 Å². The first-order chi connectivity index (χ1) is 8.50. The Labute approximate surface area is 111 Å². The minimum atomic E-state index is -3.11. The lowest BCUT2D eigenvalue weighted by molar-refractivity contribution is 0.408. The molecule has 5 heteroatoms. The van der Waals surface area contributed by atoms with E-state index in [1.807, 2.05) is 6.92 Å². The van der Waals surface area contributed by atoms with Crippen LogP contribution in [0.5, 0.6) is 0 Å². The smallest absolute Gasteiger partial charge is 0.217 e. The average molecular weight is 274 g/mol. The second kappa shape index (κ2) is 5.88. The van der Waals surface area contributed by atoms with Crippen molar-refractivity contribution < 1.29 is 8.42 Å². The van der Waals surface area contributed by atoms with Crippen molar-refractivity contribution >= 4 is 10.0 Å². The molecule has 2 unspecified atom stereocenters.